The first kappa shape index (κ1) is 16.0. The van der Waals surface area contributed by atoms with Crippen LogP contribution in [-0.4, -0.2) is 25.8 Å². The molecule has 2 amide bonds. The molecule has 0 atom stereocenters. The molecular weight excluding hydrogens is 352 g/mol. The minimum atomic E-state index is -0.341. The molecule has 2 N–H and O–H groups in total. The highest BCUT2D eigenvalue weighted by molar-refractivity contribution is 6.30. The molecule has 0 saturated carbocycles. The molecule has 0 aliphatic heterocycles. The van der Waals surface area contributed by atoms with E-state index < -0.39 is 0 Å². The highest BCUT2D eigenvalue weighted by Gasteiger charge is 2.06. The second-order valence-electron chi connectivity index (χ2n) is 5.52. The minimum absolute atomic E-state index is 0.341. The van der Waals surface area contributed by atoms with E-state index in [0.29, 0.717) is 22.0 Å². The number of hydrogen-bond donors (Lipinski definition) is 2. The summed E-state index contributed by atoms with van der Waals surface area (Å²) in [5, 5.41) is 18.4. The number of anilines is 2. The first-order valence-corrected chi connectivity index (χ1v) is 8.16. The first-order valence-electron chi connectivity index (χ1n) is 7.78. The van der Waals surface area contributed by atoms with Gasteiger partial charge in [-0.15, -0.1) is 10.2 Å². The van der Waals surface area contributed by atoms with Gasteiger partial charge in [0.15, 0.2) is 5.65 Å². The van der Waals surface area contributed by atoms with Crippen molar-refractivity contribution in [1.29, 1.82) is 0 Å². The SMILES string of the molecule is O=C(Nc1ccc(Cl)cc1)Nc1cccc(-c2ccc3nncn3n2)c1. The lowest BCUT2D eigenvalue weighted by Gasteiger charge is -2.09. The molecule has 0 aliphatic carbocycles. The van der Waals surface area contributed by atoms with Gasteiger partial charge in [-0.1, -0.05) is 23.7 Å². The van der Waals surface area contributed by atoms with E-state index in [2.05, 4.69) is 25.9 Å². The molecule has 0 bridgehead atoms. The van der Waals surface area contributed by atoms with Gasteiger partial charge < -0.3 is 10.6 Å². The van der Waals surface area contributed by atoms with Crippen LogP contribution in [0.2, 0.25) is 5.02 Å². The number of nitrogens with zero attached hydrogens (tertiary/aromatic N) is 4. The van der Waals surface area contributed by atoms with E-state index in [0.717, 1.165) is 11.3 Å². The maximum Gasteiger partial charge on any atom is 0.323 e. The topological polar surface area (TPSA) is 84.2 Å². The number of hydrogen-bond acceptors (Lipinski definition) is 4. The smallest absolute Gasteiger partial charge is 0.308 e. The van der Waals surface area contributed by atoms with Crippen molar-refractivity contribution in [3.63, 3.8) is 0 Å². The van der Waals surface area contributed by atoms with Gasteiger partial charge in [0.1, 0.15) is 6.33 Å². The number of amides is 2. The highest BCUT2D eigenvalue weighted by atomic mass is 35.5. The first-order chi connectivity index (χ1) is 12.7. The number of nitrogens with one attached hydrogen (secondary N) is 2. The molecule has 4 aromatic rings. The number of carbonyl (C=O) groups excluding carboxylic acids is 1. The van der Waals surface area contributed by atoms with Crippen molar-refractivity contribution in [2.75, 3.05) is 10.6 Å². The zero-order valence-corrected chi connectivity index (χ0v) is 14.2. The zero-order valence-electron chi connectivity index (χ0n) is 13.4. The number of carbonyl (C=O) groups is 1. The van der Waals surface area contributed by atoms with E-state index >= 15 is 0 Å². The molecule has 0 saturated heterocycles. The Balaban J connectivity index is 1.51. The lowest BCUT2D eigenvalue weighted by Crippen LogP contribution is -2.19. The average Bonchev–Trinajstić information content (AvgIpc) is 3.11. The minimum Gasteiger partial charge on any atom is -0.308 e. The maximum absolute atomic E-state index is 12.2. The van der Waals surface area contributed by atoms with Crippen molar-refractivity contribution in [3.8, 4) is 11.3 Å². The molecule has 2 heterocycles. The summed E-state index contributed by atoms with van der Waals surface area (Å²) in [5.74, 6) is 0. The summed E-state index contributed by atoms with van der Waals surface area (Å²) < 4.78 is 1.60. The third kappa shape index (κ3) is 3.47. The molecule has 0 radical (unpaired) electrons. The quantitative estimate of drug-likeness (QED) is 0.573. The lowest BCUT2D eigenvalue weighted by atomic mass is 10.1. The molecule has 4 rings (SSSR count). The van der Waals surface area contributed by atoms with Crippen LogP contribution in [0.1, 0.15) is 0 Å². The number of rotatable bonds is 3. The monoisotopic (exact) mass is 364 g/mol. The number of aromatic nitrogens is 4. The molecule has 26 heavy (non-hydrogen) atoms. The summed E-state index contributed by atoms with van der Waals surface area (Å²) in [7, 11) is 0. The van der Waals surface area contributed by atoms with E-state index in [1.807, 2.05) is 36.4 Å². The van der Waals surface area contributed by atoms with Gasteiger partial charge in [0, 0.05) is 22.0 Å². The Morgan fingerprint density at radius 2 is 1.77 bits per heavy atom. The van der Waals surface area contributed by atoms with Gasteiger partial charge >= 0.3 is 6.03 Å². The van der Waals surface area contributed by atoms with E-state index in [9.17, 15) is 4.79 Å². The van der Waals surface area contributed by atoms with Crippen molar-refractivity contribution in [3.05, 3.63) is 72.0 Å². The van der Waals surface area contributed by atoms with E-state index in [4.69, 9.17) is 11.6 Å². The maximum atomic E-state index is 12.2. The summed E-state index contributed by atoms with van der Waals surface area (Å²) in [6.07, 6.45) is 1.54. The predicted octanol–water partition coefficient (Wildman–Crippen LogP) is 4.09. The Labute approximate surface area is 153 Å². The highest BCUT2D eigenvalue weighted by Crippen LogP contribution is 2.21. The van der Waals surface area contributed by atoms with Gasteiger partial charge in [0.2, 0.25) is 0 Å². The van der Waals surface area contributed by atoms with Crippen LogP contribution in [0.15, 0.2) is 67.0 Å². The number of urea groups is 1. The van der Waals surface area contributed by atoms with Crippen LogP contribution in [0.3, 0.4) is 0 Å². The summed E-state index contributed by atoms with van der Waals surface area (Å²) in [6.45, 7) is 0. The standard InChI is InChI=1S/C18H13ClN6O/c19-13-4-6-14(7-5-13)21-18(26)22-15-3-1-2-12(10-15)16-8-9-17-23-20-11-25(17)24-16/h1-11H,(H2,21,22,26). The van der Waals surface area contributed by atoms with Gasteiger partial charge in [-0.2, -0.15) is 9.61 Å². The number of benzene rings is 2. The molecule has 2 aromatic carbocycles. The van der Waals surface area contributed by atoms with Crippen LogP contribution in [-0.2, 0) is 0 Å². The largest absolute Gasteiger partial charge is 0.323 e. The number of halogens is 1. The Bertz CT molecular complexity index is 1080. The van der Waals surface area contributed by atoms with Crippen LogP contribution >= 0.6 is 11.6 Å². The summed E-state index contributed by atoms with van der Waals surface area (Å²) >= 11 is 5.84. The van der Waals surface area contributed by atoms with Crippen molar-refractivity contribution < 1.29 is 4.79 Å². The average molecular weight is 365 g/mol. The Morgan fingerprint density at radius 3 is 2.62 bits per heavy atom. The zero-order chi connectivity index (χ0) is 17.9. The van der Waals surface area contributed by atoms with E-state index in [1.54, 1.807) is 35.1 Å². The van der Waals surface area contributed by atoms with Gasteiger partial charge in [-0.3, -0.25) is 0 Å². The van der Waals surface area contributed by atoms with Crippen LogP contribution in [0, 0.1) is 0 Å². The number of fused-ring (bicyclic) bond motifs is 1. The van der Waals surface area contributed by atoms with Gasteiger partial charge in [0.05, 0.1) is 5.69 Å². The van der Waals surface area contributed by atoms with E-state index in [-0.39, 0.29) is 6.03 Å². The Kier molecular flexibility index (Phi) is 4.20. The summed E-state index contributed by atoms with van der Waals surface area (Å²) in [6, 6.07) is 17.7. The van der Waals surface area contributed by atoms with Crippen LogP contribution in [0.5, 0.6) is 0 Å². The Morgan fingerprint density at radius 1 is 0.962 bits per heavy atom. The summed E-state index contributed by atoms with van der Waals surface area (Å²) in [5.41, 5.74) is 3.59. The molecule has 7 nitrogen and oxygen atoms in total. The molecule has 0 aliphatic rings. The van der Waals surface area contributed by atoms with Crippen molar-refractivity contribution in [1.82, 2.24) is 19.8 Å². The van der Waals surface area contributed by atoms with Crippen molar-refractivity contribution in [2.24, 2.45) is 0 Å². The fourth-order valence-corrected chi connectivity index (χ4v) is 2.59. The van der Waals surface area contributed by atoms with Gasteiger partial charge in [-0.05, 0) is 48.5 Å². The lowest BCUT2D eigenvalue weighted by molar-refractivity contribution is 0.262. The molecule has 0 unspecified atom stereocenters. The molecule has 0 spiro atoms. The third-order valence-electron chi connectivity index (χ3n) is 3.68. The second kappa shape index (κ2) is 6.81. The van der Waals surface area contributed by atoms with Crippen molar-refractivity contribution in [2.45, 2.75) is 0 Å². The molecule has 0 fully saturated rings. The molecule has 8 heteroatoms. The molecular formula is C18H13ClN6O. The van der Waals surface area contributed by atoms with Crippen LogP contribution in [0.25, 0.3) is 16.9 Å². The predicted molar refractivity (Wildman–Crippen MR) is 100 cm³/mol. The van der Waals surface area contributed by atoms with Crippen LogP contribution < -0.4 is 10.6 Å². The summed E-state index contributed by atoms with van der Waals surface area (Å²) in [4.78, 5) is 12.2. The fourth-order valence-electron chi connectivity index (χ4n) is 2.47. The van der Waals surface area contributed by atoms with E-state index in [1.165, 1.54) is 0 Å². The van der Waals surface area contributed by atoms with Crippen LogP contribution in [0.4, 0.5) is 16.2 Å². The molecule has 2 aromatic heterocycles. The van der Waals surface area contributed by atoms with Gasteiger partial charge in [0.25, 0.3) is 0 Å². The second-order valence-corrected chi connectivity index (χ2v) is 5.96. The fraction of sp³-hybridized carbons (Fsp3) is 0. The van der Waals surface area contributed by atoms with Gasteiger partial charge in [-0.25, -0.2) is 4.79 Å². The molecule has 128 valence electrons. The third-order valence-corrected chi connectivity index (χ3v) is 3.93. The van der Waals surface area contributed by atoms with Crippen molar-refractivity contribution >= 4 is 34.7 Å². The Hall–Kier alpha value is -3.45. The normalized spacial score (nSPS) is 10.7.